The molecule has 2 rings (SSSR count). The molecular formula is C18H23BrN2. The number of halogens is 1. The molecule has 0 saturated heterocycles. The van der Waals surface area contributed by atoms with Gasteiger partial charge in [0.1, 0.15) is 0 Å². The van der Waals surface area contributed by atoms with Crippen LogP contribution in [0.5, 0.6) is 0 Å². The van der Waals surface area contributed by atoms with Gasteiger partial charge in [-0.15, -0.1) is 0 Å². The first kappa shape index (κ1) is 16.2. The quantitative estimate of drug-likeness (QED) is 0.804. The van der Waals surface area contributed by atoms with Crippen molar-refractivity contribution in [3.63, 3.8) is 0 Å². The van der Waals surface area contributed by atoms with Gasteiger partial charge < -0.3 is 5.32 Å². The lowest BCUT2D eigenvalue weighted by Crippen LogP contribution is -2.18. The molecule has 1 heterocycles. The van der Waals surface area contributed by atoms with E-state index >= 15 is 0 Å². The minimum Gasteiger partial charge on any atom is -0.305 e. The molecule has 0 bridgehead atoms. The number of hydrogen-bond acceptors (Lipinski definition) is 2. The highest BCUT2D eigenvalue weighted by atomic mass is 79.9. The van der Waals surface area contributed by atoms with E-state index in [0.29, 0.717) is 12.0 Å². The SMILES string of the molecule is CC(C)Cc1ccc(C(C)NCc2ccc(Br)cn2)cc1. The summed E-state index contributed by atoms with van der Waals surface area (Å²) in [5.74, 6) is 0.704. The van der Waals surface area contributed by atoms with Crippen LogP contribution in [0.4, 0.5) is 0 Å². The Morgan fingerprint density at radius 1 is 1.05 bits per heavy atom. The third-order valence-corrected chi connectivity index (χ3v) is 3.97. The molecule has 1 N–H and O–H groups in total. The van der Waals surface area contributed by atoms with Crippen molar-refractivity contribution in [2.45, 2.75) is 39.8 Å². The third kappa shape index (κ3) is 5.25. The minimum absolute atomic E-state index is 0.323. The van der Waals surface area contributed by atoms with Crippen molar-refractivity contribution in [2.24, 2.45) is 5.92 Å². The number of rotatable bonds is 6. The molecule has 21 heavy (non-hydrogen) atoms. The summed E-state index contributed by atoms with van der Waals surface area (Å²) in [5.41, 5.74) is 3.79. The van der Waals surface area contributed by atoms with Crippen LogP contribution in [0.15, 0.2) is 47.1 Å². The van der Waals surface area contributed by atoms with E-state index in [2.05, 4.69) is 71.3 Å². The lowest BCUT2D eigenvalue weighted by atomic mass is 10.00. The van der Waals surface area contributed by atoms with Crippen LogP contribution in [0, 0.1) is 5.92 Å². The van der Waals surface area contributed by atoms with E-state index in [1.807, 2.05) is 18.3 Å². The second kappa shape index (κ2) is 7.71. The highest BCUT2D eigenvalue weighted by molar-refractivity contribution is 9.10. The molecule has 0 aliphatic rings. The van der Waals surface area contributed by atoms with Crippen LogP contribution in [0.25, 0.3) is 0 Å². The van der Waals surface area contributed by atoms with Gasteiger partial charge in [-0.3, -0.25) is 4.98 Å². The van der Waals surface area contributed by atoms with Crippen LogP contribution >= 0.6 is 15.9 Å². The van der Waals surface area contributed by atoms with Gasteiger partial charge in [0.2, 0.25) is 0 Å². The number of aromatic nitrogens is 1. The van der Waals surface area contributed by atoms with Gasteiger partial charge in [-0.05, 0) is 58.5 Å². The molecule has 112 valence electrons. The lowest BCUT2D eigenvalue weighted by Gasteiger charge is -2.15. The van der Waals surface area contributed by atoms with Crippen molar-refractivity contribution in [1.29, 1.82) is 0 Å². The Labute approximate surface area is 136 Å². The fourth-order valence-electron chi connectivity index (χ4n) is 2.30. The first-order valence-corrected chi connectivity index (χ1v) is 8.26. The Kier molecular flexibility index (Phi) is 5.95. The maximum absolute atomic E-state index is 4.38. The van der Waals surface area contributed by atoms with Gasteiger partial charge in [0, 0.05) is 23.3 Å². The zero-order valence-corrected chi connectivity index (χ0v) is 14.5. The van der Waals surface area contributed by atoms with Crippen molar-refractivity contribution < 1.29 is 0 Å². The molecule has 2 nitrogen and oxygen atoms in total. The molecule has 1 unspecified atom stereocenters. The molecule has 0 saturated carbocycles. The van der Waals surface area contributed by atoms with Crippen LogP contribution in [-0.4, -0.2) is 4.98 Å². The largest absolute Gasteiger partial charge is 0.305 e. The molecule has 0 amide bonds. The molecule has 1 atom stereocenters. The van der Waals surface area contributed by atoms with Gasteiger partial charge in [0.25, 0.3) is 0 Å². The fourth-order valence-corrected chi connectivity index (χ4v) is 2.53. The minimum atomic E-state index is 0.323. The van der Waals surface area contributed by atoms with Crippen LogP contribution < -0.4 is 5.32 Å². The molecule has 3 heteroatoms. The second-order valence-electron chi connectivity index (χ2n) is 5.91. The standard InChI is InChI=1S/C18H23BrN2/c1-13(2)10-15-4-6-16(7-5-15)14(3)20-12-18-9-8-17(19)11-21-18/h4-9,11,13-14,20H,10,12H2,1-3H3. The van der Waals surface area contributed by atoms with Crippen molar-refractivity contribution >= 4 is 15.9 Å². The molecule has 0 radical (unpaired) electrons. The van der Waals surface area contributed by atoms with E-state index in [9.17, 15) is 0 Å². The van der Waals surface area contributed by atoms with E-state index in [4.69, 9.17) is 0 Å². The van der Waals surface area contributed by atoms with Crippen LogP contribution in [0.3, 0.4) is 0 Å². The summed E-state index contributed by atoms with van der Waals surface area (Å²) in [6, 6.07) is 13.3. The first-order valence-electron chi connectivity index (χ1n) is 7.47. The van der Waals surface area contributed by atoms with Crippen molar-refractivity contribution in [3.05, 3.63) is 63.9 Å². The average molecular weight is 347 g/mol. The molecule has 0 spiro atoms. The van der Waals surface area contributed by atoms with Gasteiger partial charge in [-0.1, -0.05) is 38.1 Å². The highest BCUT2D eigenvalue weighted by Crippen LogP contribution is 2.16. The number of hydrogen-bond donors (Lipinski definition) is 1. The van der Waals surface area contributed by atoms with Crippen molar-refractivity contribution in [1.82, 2.24) is 10.3 Å². The molecule has 0 fully saturated rings. The first-order chi connectivity index (χ1) is 10.0. The molecule has 1 aromatic heterocycles. The van der Waals surface area contributed by atoms with E-state index in [0.717, 1.165) is 23.1 Å². The van der Waals surface area contributed by atoms with Crippen molar-refractivity contribution in [2.75, 3.05) is 0 Å². The van der Waals surface area contributed by atoms with Crippen molar-refractivity contribution in [3.8, 4) is 0 Å². The van der Waals surface area contributed by atoms with Crippen LogP contribution in [-0.2, 0) is 13.0 Å². The summed E-state index contributed by atoms with van der Waals surface area (Å²) >= 11 is 3.40. The van der Waals surface area contributed by atoms with Gasteiger partial charge >= 0.3 is 0 Å². The molecule has 2 aromatic rings. The van der Waals surface area contributed by atoms with Gasteiger partial charge in [0.05, 0.1) is 5.69 Å². The van der Waals surface area contributed by atoms with Gasteiger partial charge in [0.15, 0.2) is 0 Å². The van der Waals surface area contributed by atoms with Gasteiger partial charge in [-0.2, -0.15) is 0 Å². The molecular weight excluding hydrogens is 324 g/mol. The highest BCUT2D eigenvalue weighted by Gasteiger charge is 2.06. The average Bonchev–Trinajstić information content (AvgIpc) is 2.46. The lowest BCUT2D eigenvalue weighted by molar-refractivity contribution is 0.567. The predicted molar refractivity (Wildman–Crippen MR) is 92.2 cm³/mol. The smallest absolute Gasteiger partial charge is 0.0542 e. The monoisotopic (exact) mass is 346 g/mol. The summed E-state index contributed by atoms with van der Waals surface area (Å²) in [4.78, 5) is 4.38. The zero-order valence-electron chi connectivity index (χ0n) is 12.9. The summed E-state index contributed by atoms with van der Waals surface area (Å²) in [5, 5.41) is 3.52. The summed E-state index contributed by atoms with van der Waals surface area (Å²) in [6.07, 6.45) is 2.98. The molecule has 1 aromatic carbocycles. The van der Waals surface area contributed by atoms with E-state index in [1.165, 1.54) is 11.1 Å². The second-order valence-corrected chi connectivity index (χ2v) is 6.83. The molecule has 0 aliphatic heterocycles. The predicted octanol–water partition coefficient (Wildman–Crippen LogP) is 4.89. The number of pyridine rings is 1. The molecule has 0 aliphatic carbocycles. The third-order valence-electron chi connectivity index (χ3n) is 3.50. The summed E-state index contributed by atoms with van der Waals surface area (Å²) in [6.45, 7) is 7.48. The van der Waals surface area contributed by atoms with E-state index < -0.39 is 0 Å². The van der Waals surface area contributed by atoms with Crippen LogP contribution in [0.1, 0.15) is 43.6 Å². The van der Waals surface area contributed by atoms with Gasteiger partial charge in [-0.25, -0.2) is 0 Å². The Morgan fingerprint density at radius 3 is 2.33 bits per heavy atom. The maximum Gasteiger partial charge on any atom is 0.0542 e. The maximum atomic E-state index is 4.38. The summed E-state index contributed by atoms with van der Waals surface area (Å²) in [7, 11) is 0. The number of benzene rings is 1. The Morgan fingerprint density at radius 2 is 1.76 bits per heavy atom. The summed E-state index contributed by atoms with van der Waals surface area (Å²) < 4.78 is 1.01. The van der Waals surface area contributed by atoms with E-state index in [-0.39, 0.29) is 0 Å². The van der Waals surface area contributed by atoms with Crippen LogP contribution in [0.2, 0.25) is 0 Å². The normalized spacial score (nSPS) is 12.6. The number of nitrogens with zero attached hydrogens (tertiary/aromatic N) is 1. The Balaban J connectivity index is 1.90. The topological polar surface area (TPSA) is 24.9 Å². The Hall–Kier alpha value is -1.19. The number of nitrogens with one attached hydrogen (secondary N) is 1. The fraction of sp³-hybridized carbons (Fsp3) is 0.389. The Bertz CT molecular complexity index is 546. The zero-order chi connectivity index (χ0) is 15.2. The van der Waals surface area contributed by atoms with E-state index in [1.54, 1.807) is 0 Å².